The maximum absolute atomic E-state index is 11.4. The first kappa shape index (κ1) is 11.2. The van der Waals surface area contributed by atoms with E-state index < -0.39 is 0 Å². The second-order valence-corrected chi connectivity index (χ2v) is 3.71. The van der Waals surface area contributed by atoms with Crippen molar-refractivity contribution in [2.24, 2.45) is 0 Å². The van der Waals surface area contributed by atoms with E-state index in [0.717, 1.165) is 25.9 Å². The molecule has 1 unspecified atom stereocenters. The van der Waals surface area contributed by atoms with E-state index in [9.17, 15) is 4.79 Å². The second-order valence-electron chi connectivity index (χ2n) is 3.71. The van der Waals surface area contributed by atoms with Gasteiger partial charge in [-0.3, -0.25) is 4.79 Å². The minimum Gasteiger partial charge on any atom is -0.356 e. The molecule has 3 heteroatoms. The number of carbonyl (C=O) groups excluding carboxylic acids is 1. The third kappa shape index (κ3) is 4.42. The highest BCUT2D eigenvalue weighted by atomic mass is 16.1. The Morgan fingerprint density at radius 2 is 2.50 bits per heavy atom. The van der Waals surface area contributed by atoms with Crippen LogP contribution in [0, 0.1) is 0 Å². The summed E-state index contributed by atoms with van der Waals surface area (Å²) in [6.07, 6.45) is 7.98. The van der Waals surface area contributed by atoms with Crippen molar-refractivity contribution in [2.45, 2.75) is 38.6 Å². The van der Waals surface area contributed by atoms with E-state index in [0.29, 0.717) is 12.5 Å². The molecular weight excluding hydrogens is 176 g/mol. The molecule has 0 aromatic carbocycles. The fourth-order valence-electron chi connectivity index (χ4n) is 1.69. The van der Waals surface area contributed by atoms with Gasteiger partial charge in [-0.2, -0.15) is 0 Å². The molecule has 0 saturated carbocycles. The van der Waals surface area contributed by atoms with Crippen LogP contribution in [0.5, 0.6) is 0 Å². The fraction of sp³-hybridized carbons (Fsp3) is 0.727. The summed E-state index contributed by atoms with van der Waals surface area (Å²) in [6, 6.07) is 0.414. The molecule has 0 aromatic heterocycles. The van der Waals surface area contributed by atoms with Crippen molar-refractivity contribution in [3.63, 3.8) is 0 Å². The Morgan fingerprint density at radius 1 is 1.64 bits per heavy atom. The van der Waals surface area contributed by atoms with Crippen molar-refractivity contribution in [3.8, 4) is 0 Å². The smallest absolute Gasteiger partial charge is 0.221 e. The second kappa shape index (κ2) is 6.60. The van der Waals surface area contributed by atoms with E-state index in [4.69, 9.17) is 0 Å². The Hall–Kier alpha value is -0.830. The first-order valence-electron chi connectivity index (χ1n) is 5.44. The van der Waals surface area contributed by atoms with Gasteiger partial charge in [0.25, 0.3) is 0 Å². The zero-order valence-corrected chi connectivity index (χ0v) is 8.88. The molecule has 3 nitrogen and oxygen atoms in total. The molecule has 0 bridgehead atoms. The monoisotopic (exact) mass is 196 g/mol. The fourth-order valence-corrected chi connectivity index (χ4v) is 1.69. The molecule has 1 saturated heterocycles. The summed E-state index contributed by atoms with van der Waals surface area (Å²) >= 11 is 0. The number of nitrogens with one attached hydrogen (secondary N) is 2. The van der Waals surface area contributed by atoms with E-state index >= 15 is 0 Å². The normalized spacial score (nSPS) is 21.6. The van der Waals surface area contributed by atoms with Gasteiger partial charge in [0.1, 0.15) is 0 Å². The van der Waals surface area contributed by atoms with Gasteiger partial charge in [0.2, 0.25) is 5.91 Å². The van der Waals surface area contributed by atoms with E-state index in [-0.39, 0.29) is 5.91 Å². The number of hydrogen-bond acceptors (Lipinski definition) is 2. The minimum atomic E-state index is 0.175. The summed E-state index contributed by atoms with van der Waals surface area (Å²) in [4.78, 5) is 11.4. The third-order valence-electron chi connectivity index (χ3n) is 2.46. The van der Waals surface area contributed by atoms with Crippen LogP contribution >= 0.6 is 0 Å². The van der Waals surface area contributed by atoms with Crippen LogP contribution in [0.15, 0.2) is 12.2 Å². The topological polar surface area (TPSA) is 41.1 Å². The van der Waals surface area contributed by atoms with Crippen LogP contribution in [0.2, 0.25) is 0 Å². The van der Waals surface area contributed by atoms with Gasteiger partial charge in [-0.05, 0) is 32.7 Å². The molecule has 0 aliphatic carbocycles. The Labute approximate surface area is 86.0 Å². The van der Waals surface area contributed by atoms with Crippen molar-refractivity contribution < 1.29 is 4.79 Å². The number of carbonyl (C=O) groups is 1. The molecule has 1 fully saturated rings. The highest BCUT2D eigenvalue weighted by molar-refractivity contribution is 5.76. The first-order chi connectivity index (χ1) is 6.83. The van der Waals surface area contributed by atoms with Crippen LogP contribution in [0.3, 0.4) is 0 Å². The Kier molecular flexibility index (Phi) is 5.30. The highest BCUT2D eigenvalue weighted by Crippen LogP contribution is 2.07. The van der Waals surface area contributed by atoms with Gasteiger partial charge in [-0.1, -0.05) is 12.2 Å². The van der Waals surface area contributed by atoms with Crippen molar-refractivity contribution in [1.29, 1.82) is 0 Å². The molecule has 1 rings (SSSR count). The summed E-state index contributed by atoms with van der Waals surface area (Å²) in [6.45, 7) is 3.82. The molecule has 2 N–H and O–H groups in total. The van der Waals surface area contributed by atoms with E-state index in [1.165, 1.54) is 6.42 Å². The van der Waals surface area contributed by atoms with E-state index in [1.807, 2.05) is 13.0 Å². The first-order valence-corrected chi connectivity index (χ1v) is 5.44. The summed E-state index contributed by atoms with van der Waals surface area (Å²) < 4.78 is 0. The van der Waals surface area contributed by atoms with Crippen LogP contribution in [-0.4, -0.2) is 25.0 Å². The Balaban J connectivity index is 2.03. The average molecular weight is 196 g/mol. The summed E-state index contributed by atoms with van der Waals surface area (Å²) in [5, 5.41) is 6.23. The van der Waals surface area contributed by atoms with Crippen LogP contribution in [0.1, 0.15) is 32.6 Å². The van der Waals surface area contributed by atoms with E-state index in [1.54, 1.807) is 0 Å². The van der Waals surface area contributed by atoms with Crippen molar-refractivity contribution in [2.75, 3.05) is 13.1 Å². The van der Waals surface area contributed by atoms with Gasteiger partial charge < -0.3 is 10.6 Å². The maximum Gasteiger partial charge on any atom is 0.221 e. The Morgan fingerprint density at radius 3 is 3.14 bits per heavy atom. The molecule has 14 heavy (non-hydrogen) atoms. The zero-order valence-electron chi connectivity index (χ0n) is 8.88. The highest BCUT2D eigenvalue weighted by Gasteiger charge is 2.16. The lowest BCUT2D eigenvalue weighted by molar-refractivity contribution is -0.121. The molecule has 1 aliphatic rings. The van der Waals surface area contributed by atoms with Gasteiger partial charge in [0.15, 0.2) is 0 Å². The molecular formula is C11H20N2O. The number of allylic oxidation sites excluding steroid dienone is 1. The molecule has 80 valence electrons. The van der Waals surface area contributed by atoms with Gasteiger partial charge in [0, 0.05) is 19.0 Å². The number of hydrogen-bond donors (Lipinski definition) is 2. The largest absolute Gasteiger partial charge is 0.356 e. The summed E-state index contributed by atoms with van der Waals surface area (Å²) in [5.74, 6) is 0.175. The summed E-state index contributed by atoms with van der Waals surface area (Å²) in [7, 11) is 0. The van der Waals surface area contributed by atoms with Crippen LogP contribution in [-0.2, 0) is 4.79 Å². The number of rotatable bonds is 5. The predicted molar refractivity (Wildman–Crippen MR) is 58.1 cm³/mol. The zero-order chi connectivity index (χ0) is 10.2. The molecule has 1 atom stereocenters. The molecule has 1 heterocycles. The summed E-state index contributed by atoms with van der Waals surface area (Å²) in [5.41, 5.74) is 0. The van der Waals surface area contributed by atoms with Crippen LogP contribution in [0.25, 0.3) is 0 Å². The standard InChI is InChI=1S/C11H20N2O/c1-2-3-4-7-13-11(14)9-10-6-5-8-12-10/h2-3,10,12H,4-9H2,1H3,(H,13,14)/b3-2+. The molecule has 0 aromatic rings. The van der Waals surface area contributed by atoms with Crippen molar-refractivity contribution >= 4 is 5.91 Å². The lowest BCUT2D eigenvalue weighted by Crippen LogP contribution is -2.32. The Bertz CT molecular complexity index is 195. The quantitative estimate of drug-likeness (QED) is 0.512. The van der Waals surface area contributed by atoms with E-state index in [2.05, 4.69) is 16.7 Å². The lowest BCUT2D eigenvalue weighted by atomic mass is 10.1. The molecule has 0 radical (unpaired) electrons. The van der Waals surface area contributed by atoms with Crippen LogP contribution < -0.4 is 10.6 Å². The van der Waals surface area contributed by atoms with Gasteiger partial charge in [-0.25, -0.2) is 0 Å². The van der Waals surface area contributed by atoms with Gasteiger partial charge >= 0.3 is 0 Å². The molecule has 0 spiro atoms. The maximum atomic E-state index is 11.4. The predicted octanol–water partition coefficient (Wildman–Crippen LogP) is 1.21. The van der Waals surface area contributed by atoms with Crippen molar-refractivity contribution in [3.05, 3.63) is 12.2 Å². The lowest BCUT2D eigenvalue weighted by Gasteiger charge is -2.09. The SMILES string of the molecule is C/C=C/CCNC(=O)CC1CCCN1. The van der Waals surface area contributed by atoms with Gasteiger partial charge in [0.05, 0.1) is 0 Å². The van der Waals surface area contributed by atoms with Gasteiger partial charge in [-0.15, -0.1) is 0 Å². The molecule has 1 aliphatic heterocycles. The number of amides is 1. The minimum absolute atomic E-state index is 0.175. The third-order valence-corrected chi connectivity index (χ3v) is 2.46. The van der Waals surface area contributed by atoms with Crippen molar-refractivity contribution in [1.82, 2.24) is 10.6 Å². The van der Waals surface area contributed by atoms with Crippen LogP contribution in [0.4, 0.5) is 0 Å². The molecule has 1 amide bonds. The average Bonchev–Trinajstić information content (AvgIpc) is 2.65.